The standard InChI is InChI=1S/C27H37N5O4/c1-27(2,3)12-13-29-26-30-23(28)22-24(31-26)36-15-14-32(25(22)35)20-10-8-19(9-11-20)18-6-4-17(5-7-18)16-21(33)34/h8-11,17-18H,4-7,12-16H2,1-3H3,(H,33,34)(H3,28,29,30,31). The van der Waals surface area contributed by atoms with Gasteiger partial charge in [0.15, 0.2) is 0 Å². The number of carboxylic acids is 1. The lowest BCUT2D eigenvalue weighted by atomic mass is 9.77. The van der Waals surface area contributed by atoms with Crippen LogP contribution in [0, 0.1) is 11.3 Å². The van der Waals surface area contributed by atoms with Crippen LogP contribution in [0.15, 0.2) is 24.3 Å². The van der Waals surface area contributed by atoms with Gasteiger partial charge in [0.2, 0.25) is 11.8 Å². The van der Waals surface area contributed by atoms with Crippen LogP contribution < -0.4 is 20.7 Å². The summed E-state index contributed by atoms with van der Waals surface area (Å²) in [7, 11) is 0. The smallest absolute Gasteiger partial charge is 0.303 e. The van der Waals surface area contributed by atoms with E-state index in [-0.39, 0.29) is 40.9 Å². The Morgan fingerprint density at radius 1 is 1.17 bits per heavy atom. The summed E-state index contributed by atoms with van der Waals surface area (Å²) in [6.07, 6.45) is 5.03. The molecule has 1 fully saturated rings. The van der Waals surface area contributed by atoms with Crippen molar-refractivity contribution in [2.75, 3.05) is 35.6 Å². The van der Waals surface area contributed by atoms with Crippen LogP contribution in [-0.4, -0.2) is 46.6 Å². The molecule has 1 saturated carbocycles. The molecule has 0 radical (unpaired) electrons. The van der Waals surface area contributed by atoms with Crippen molar-refractivity contribution in [2.24, 2.45) is 11.3 Å². The molecule has 2 heterocycles. The summed E-state index contributed by atoms with van der Waals surface area (Å²) in [5, 5.41) is 12.2. The van der Waals surface area contributed by atoms with E-state index in [9.17, 15) is 9.59 Å². The van der Waals surface area contributed by atoms with Gasteiger partial charge in [0.1, 0.15) is 18.0 Å². The van der Waals surface area contributed by atoms with Crippen molar-refractivity contribution in [3.8, 4) is 5.88 Å². The van der Waals surface area contributed by atoms with Crippen LogP contribution in [0.5, 0.6) is 5.88 Å². The highest BCUT2D eigenvalue weighted by Crippen LogP contribution is 2.38. The Hall–Kier alpha value is -3.36. The number of hydrogen-bond acceptors (Lipinski definition) is 7. The predicted molar refractivity (Wildman–Crippen MR) is 140 cm³/mol. The molecule has 4 N–H and O–H groups in total. The van der Waals surface area contributed by atoms with Crippen molar-refractivity contribution in [3.63, 3.8) is 0 Å². The Kier molecular flexibility index (Phi) is 7.66. The number of anilines is 3. The highest BCUT2D eigenvalue weighted by Gasteiger charge is 2.30. The minimum Gasteiger partial charge on any atom is -0.481 e. The summed E-state index contributed by atoms with van der Waals surface area (Å²) in [6, 6.07) is 8.06. The zero-order valence-corrected chi connectivity index (χ0v) is 21.4. The number of carboxylic acid groups (broad SMARTS) is 1. The highest BCUT2D eigenvalue weighted by molar-refractivity contribution is 6.10. The fourth-order valence-corrected chi connectivity index (χ4v) is 4.98. The second-order valence-electron chi connectivity index (χ2n) is 11.1. The predicted octanol–water partition coefficient (Wildman–Crippen LogP) is 4.69. The molecule has 36 heavy (non-hydrogen) atoms. The summed E-state index contributed by atoms with van der Waals surface area (Å²) in [6.45, 7) is 7.85. The van der Waals surface area contributed by atoms with E-state index in [1.54, 1.807) is 4.90 Å². The molecule has 0 saturated heterocycles. The van der Waals surface area contributed by atoms with Gasteiger partial charge in [-0.3, -0.25) is 9.59 Å². The third-order valence-corrected chi connectivity index (χ3v) is 7.06. The van der Waals surface area contributed by atoms with E-state index in [0.29, 0.717) is 31.6 Å². The topological polar surface area (TPSA) is 131 Å². The van der Waals surface area contributed by atoms with Gasteiger partial charge in [0.25, 0.3) is 5.91 Å². The lowest BCUT2D eigenvalue weighted by Gasteiger charge is -2.28. The molecule has 1 aromatic carbocycles. The number of aliphatic carboxylic acids is 1. The number of carbonyl (C=O) groups is 2. The van der Waals surface area contributed by atoms with Gasteiger partial charge in [-0.1, -0.05) is 32.9 Å². The SMILES string of the molecule is CC(C)(C)CCNc1nc(N)c2c(n1)OCCN(c1ccc(C3CCC(CC(=O)O)CC3)cc1)C2=O. The molecule has 1 aliphatic carbocycles. The lowest BCUT2D eigenvalue weighted by Crippen LogP contribution is -2.32. The van der Waals surface area contributed by atoms with Gasteiger partial charge in [0, 0.05) is 18.7 Å². The second-order valence-corrected chi connectivity index (χ2v) is 11.1. The molecule has 9 heteroatoms. The Bertz CT molecular complexity index is 1090. The fraction of sp³-hybridized carbons (Fsp3) is 0.556. The zero-order chi connectivity index (χ0) is 25.9. The third-order valence-electron chi connectivity index (χ3n) is 7.06. The molecular formula is C27H37N5O4. The Morgan fingerprint density at radius 2 is 1.86 bits per heavy atom. The summed E-state index contributed by atoms with van der Waals surface area (Å²) in [5.41, 5.74) is 8.56. The van der Waals surface area contributed by atoms with Gasteiger partial charge in [0.05, 0.1) is 6.54 Å². The van der Waals surface area contributed by atoms with Crippen LogP contribution in [0.1, 0.15) is 81.1 Å². The molecule has 0 bridgehead atoms. The zero-order valence-electron chi connectivity index (χ0n) is 21.4. The van der Waals surface area contributed by atoms with Crippen LogP contribution in [0.3, 0.4) is 0 Å². The number of amides is 1. The van der Waals surface area contributed by atoms with Crippen LogP contribution >= 0.6 is 0 Å². The number of ether oxygens (including phenoxy) is 1. The van der Waals surface area contributed by atoms with Crippen LogP contribution in [-0.2, 0) is 4.79 Å². The van der Waals surface area contributed by atoms with Gasteiger partial charge < -0.3 is 25.8 Å². The molecule has 1 aliphatic heterocycles. The minimum absolute atomic E-state index is 0.102. The van der Waals surface area contributed by atoms with Gasteiger partial charge in [-0.25, -0.2) is 0 Å². The Balaban J connectivity index is 1.44. The number of nitrogens with two attached hydrogens (primary N) is 1. The number of fused-ring (bicyclic) bond motifs is 1. The van der Waals surface area contributed by atoms with Crippen molar-refractivity contribution in [1.29, 1.82) is 0 Å². The maximum Gasteiger partial charge on any atom is 0.303 e. The molecule has 194 valence electrons. The number of nitrogens with zero attached hydrogens (tertiary/aromatic N) is 3. The van der Waals surface area contributed by atoms with Crippen LogP contribution in [0.25, 0.3) is 0 Å². The monoisotopic (exact) mass is 495 g/mol. The van der Waals surface area contributed by atoms with Crippen molar-refractivity contribution in [3.05, 3.63) is 35.4 Å². The average Bonchev–Trinajstić information content (AvgIpc) is 2.97. The maximum absolute atomic E-state index is 13.4. The first-order valence-electron chi connectivity index (χ1n) is 12.8. The van der Waals surface area contributed by atoms with E-state index < -0.39 is 5.97 Å². The van der Waals surface area contributed by atoms with Crippen LogP contribution in [0.2, 0.25) is 0 Å². The first-order valence-corrected chi connectivity index (χ1v) is 12.8. The van der Waals surface area contributed by atoms with E-state index in [0.717, 1.165) is 37.8 Å². The average molecular weight is 496 g/mol. The second kappa shape index (κ2) is 10.7. The quantitative estimate of drug-likeness (QED) is 0.504. The molecule has 1 aromatic heterocycles. The first-order chi connectivity index (χ1) is 17.1. The molecular weight excluding hydrogens is 458 g/mol. The molecule has 4 rings (SSSR count). The number of benzene rings is 1. The lowest BCUT2D eigenvalue weighted by molar-refractivity contribution is -0.138. The van der Waals surface area contributed by atoms with E-state index in [1.807, 2.05) is 12.1 Å². The summed E-state index contributed by atoms with van der Waals surface area (Å²) in [5.74, 6) is 0.376. The highest BCUT2D eigenvalue weighted by atomic mass is 16.5. The summed E-state index contributed by atoms with van der Waals surface area (Å²) in [4.78, 5) is 34.8. The van der Waals surface area contributed by atoms with Gasteiger partial charge in [-0.15, -0.1) is 0 Å². The first kappa shape index (κ1) is 25.7. The number of aromatic nitrogens is 2. The van der Waals surface area contributed by atoms with Gasteiger partial charge in [-0.05, 0) is 67.1 Å². The fourth-order valence-electron chi connectivity index (χ4n) is 4.98. The number of carbonyl (C=O) groups excluding carboxylic acids is 1. The van der Waals surface area contributed by atoms with Crippen LogP contribution in [0.4, 0.5) is 17.5 Å². The molecule has 0 atom stereocenters. The number of nitrogens with one attached hydrogen (secondary N) is 1. The minimum atomic E-state index is -0.713. The Morgan fingerprint density at radius 3 is 2.50 bits per heavy atom. The van der Waals surface area contributed by atoms with Crippen molar-refractivity contribution >= 4 is 29.3 Å². The van der Waals surface area contributed by atoms with E-state index in [2.05, 4.69) is 48.2 Å². The Labute approximate surface area is 212 Å². The van der Waals surface area contributed by atoms with E-state index in [4.69, 9.17) is 15.6 Å². The third kappa shape index (κ3) is 6.25. The van der Waals surface area contributed by atoms with Crippen molar-refractivity contribution in [2.45, 2.75) is 65.2 Å². The molecule has 9 nitrogen and oxygen atoms in total. The molecule has 0 unspecified atom stereocenters. The number of rotatable bonds is 7. The largest absolute Gasteiger partial charge is 0.481 e. The summed E-state index contributed by atoms with van der Waals surface area (Å²) < 4.78 is 5.82. The molecule has 0 spiro atoms. The van der Waals surface area contributed by atoms with Gasteiger partial charge in [-0.2, -0.15) is 9.97 Å². The number of nitrogen functional groups attached to an aromatic ring is 1. The van der Waals surface area contributed by atoms with Crippen molar-refractivity contribution < 1.29 is 19.4 Å². The molecule has 1 amide bonds. The van der Waals surface area contributed by atoms with Crippen molar-refractivity contribution in [1.82, 2.24) is 9.97 Å². The molecule has 2 aliphatic rings. The summed E-state index contributed by atoms with van der Waals surface area (Å²) >= 11 is 0. The van der Waals surface area contributed by atoms with E-state index >= 15 is 0 Å². The maximum atomic E-state index is 13.4. The van der Waals surface area contributed by atoms with E-state index in [1.165, 1.54) is 5.56 Å². The normalized spacial score (nSPS) is 20.3. The molecule has 2 aromatic rings. The number of hydrogen-bond donors (Lipinski definition) is 3. The van der Waals surface area contributed by atoms with Gasteiger partial charge >= 0.3 is 5.97 Å².